The maximum atomic E-state index is 12.3. The Morgan fingerprint density at radius 3 is 2.44 bits per heavy atom. The molecule has 3 rings (SSSR count). The number of carboxylic acids is 2. The van der Waals surface area contributed by atoms with Gasteiger partial charge in [0, 0.05) is 17.7 Å². The van der Waals surface area contributed by atoms with Crippen molar-refractivity contribution in [2.45, 2.75) is 29.6 Å². The molecule has 174 valence electrons. The van der Waals surface area contributed by atoms with Crippen molar-refractivity contribution in [3.8, 4) is 0 Å². The van der Waals surface area contributed by atoms with Gasteiger partial charge in [-0.2, -0.15) is 4.98 Å². The molecule has 0 radical (unpaired) electrons. The number of carbonyl (C=O) groups is 3. The Bertz CT molecular complexity index is 1230. The van der Waals surface area contributed by atoms with E-state index in [2.05, 4.69) is 34.7 Å². The van der Waals surface area contributed by atoms with Crippen LogP contribution in [-0.2, 0) is 16.1 Å². The fraction of sp³-hybridized carbons (Fsp3) is 0.250. The number of H-pyrrole nitrogens is 1. The van der Waals surface area contributed by atoms with Crippen molar-refractivity contribution in [3.05, 3.63) is 52.1 Å². The number of carboxylic acid groups (broad SMARTS) is 2. The summed E-state index contributed by atoms with van der Waals surface area (Å²) in [6.07, 6.45) is 0.840. The van der Waals surface area contributed by atoms with Crippen LogP contribution in [0.25, 0.3) is 11.2 Å². The number of nitrogens with one attached hydrogen (secondary N) is 3. The van der Waals surface area contributed by atoms with Crippen LogP contribution in [0, 0.1) is 0 Å². The number of aromatic nitrogens is 4. The van der Waals surface area contributed by atoms with E-state index in [0.29, 0.717) is 11.4 Å². The van der Waals surface area contributed by atoms with E-state index in [-0.39, 0.29) is 42.1 Å². The summed E-state index contributed by atoms with van der Waals surface area (Å²) in [5.41, 5.74) is 6.47. The number of carbonyl (C=O) groups excluding carboxylic acids is 1. The van der Waals surface area contributed by atoms with Gasteiger partial charge in [0.1, 0.15) is 6.04 Å². The van der Waals surface area contributed by atoms with E-state index in [0.717, 1.165) is 0 Å². The molecule has 13 nitrogen and oxygen atoms in total. The van der Waals surface area contributed by atoms with Crippen LogP contribution in [0.15, 0.2) is 35.3 Å². The number of fused-ring (bicyclic) bond motifs is 1. The van der Waals surface area contributed by atoms with Crippen LogP contribution in [-0.4, -0.2) is 82.0 Å². The second kappa shape index (κ2) is 12.6. The Hall–Kier alpha value is -3.55. The van der Waals surface area contributed by atoms with E-state index < -0.39 is 29.4 Å². The van der Waals surface area contributed by atoms with Gasteiger partial charge in [-0.15, -0.1) is 0 Å². The van der Waals surface area contributed by atoms with Gasteiger partial charge in [-0.1, -0.05) is 0 Å². The summed E-state index contributed by atoms with van der Waals surface area (Å²) in [5, 5.41) is 23.2. The number of hydrogen-bond donors (Lipinski definition) is 6. The van der Waals surface area contributed by atoms with Crippen molar-refractivity contribution in [2.75, 3.05) is 11.1 Å². The van der Waals surface area contributed by atoms with Crippen LogP contribution in [0.2, 0.25) is 4.17 Å². The second-order valence-electron chi connectivity index (χ2n) is 6.71. The summed E-state index contributed by atoms with van der Waals surface area (Å²) in [6, 6.07) is 4.86. The Morgan fingerprint density at radius 2 is 1.82 bits per heavy atom. The van der Waals surface area contributed by atoms with Gasteiger partial charge in [-0.25, -0.2) is 14.8 Å². The molecule has 0 spiro atoms. The monoisotopic (exact) mass is 479 g/mol. The van der Waals surface area contributed by atoms with Crippen molar-refractivity contribution in [2.24, 2.45) is 0 Å². The van der Waals surface area contributed by atoms with Gasteiger partial charge in [0.2, 0.25) is 5.95 Å². The summed E-state index contributed by atoms with van der Waals surface area (Å²) < 4.78 is 2.14. The molecule has 1 atom stereocenters. The molecule has 0 saturated carbocycles. The number of amides is 1. The zero-order valence-corrected chi connectivity index (χ0v) is 20.5. The average molecular weight is 479 g/mol. The third-order valence-electron chi connectivity index (χ3n) is 4.36. The molecule has 1 aromatic carbocycles. The Labute approximate surface area is 210 Å². The van der Waals surface area contributed by atoms with Gasteiger partial charge < -0.3 is 26.6 Å². The third-order valence-corrected chi connectivity index (χ3v) is 4.36. The van der Waals surface area contributed by atoms with Crippen LogP contribution < -0.4 is 21.9 Å². The van der Waals surface area contributed by atoms with E-state index in [1.54, 1.807) is 12.1 Å². The molecular formula is C20H22N7NaO6. The summed E-state index contributed by atoms with van der Waals surface area (Å²) in [6.45, 7) is 0.231. The first-order valence-corrected chi connectivity index (χ1v) is 12.3. The molecule has 1 amide bonds. The number of hydrogen-bond acceptors (Lipinski definition) is 9. The molecule has 3 aromatic rings. The number of nitrogens with two attached hydrogens (primary N) is 1. The van der Waals surface area contributed by atoms with Gasteiger partial charge in [-0.3, -0.25) is 19.4 Å². The van der Waals surface area contributed by atoms with Crippen molar-refractivity contribution in [1.82, 2.24) is 25.3 Å². The van der Waals surface area contributed by atoms with E-state index in [1.165, 1.54) is 46.3 Å². The summed E-state index contributed by atoms with van der Waals surface area (Å²) >= 11 is 1.31. The van der Waals surface area contributed by atoms with Crippen LogP contribution in [0.5, 0.6) is 0 Å². The molecule has 7 N–H and O–H groups in total. The minimum atomic E-state index is -1.31. The van der Waals surface area contributed by atoms with Gasteiger partial charge in [0.05, 0.1) is 18.4 Å². The van der Waals surface area contributed by atoms with E-state index in [9.17, 15) is 19.2 Å². The quantitative estimate of drug-likeness (QED) is 0.227. The number of nitrogens with zero attached hydrogens (tertiary/aromatic N) is 3. The predicted molar refractivity (Wildman–Crippen MR) is 124 cm³/mol. The predicted octanol–water partition coefficient (Wildman–Crippen LogP) is 0.158. The molecule has 0 bridgehead atoms. The van der Waals surface area contributed by atoms with E-state index >= 15 is 0 Å². The van der Waals surface area contributed by atoms with Crippen LogP contribution in [0.4, 0.5) is 11.6 Å². The third kappa shape index (κ3) is 7.50. The Balaban J connectivity index is 0.00000199. The second-order valence-corrected chi connectivity index (χ2v) is 6.71. The number of benzene rings is 1. The minimum absolute atomic E-state index is 0.0524. The summed E-state index contributed by atoms with van der Waals surface area (Å²) in [4.78, 5) is 60.6. The Kier molecular flexibility index (Phi) is 9.92. The normalized spacial score (nSPS) is 11.1. The van der Waals surface area contributed by atoms with Crippen LogP contribution >= 0.6 is 0 Å². The number of aromatic amines is 1. The zero-order valence-electron chi connectivity index (χ0n) is 18.5. The molecule has 0 aliphatic heterocycles. The molecule has 14 heteroatoms. The summed E-state index contributed by atoms with van der Waals surface area (Å²) in [7, 11) is 0. The van der Waals surface area contributed by atoms with E-state index in [4.69, 9.17) is 15.9 Å². The molecule has 0 saturated heterocycles. The van der Waals surface area contributed by atoms with Gasteiger partial charge in [0.25, 0.3) is 11.5 Å². The first kappa shape index (κ1) is 26.7. The molecule has 0 fully saturated rings. The standard InChI is InChI=1S/C19H19N7O6.CH3.Na/c20-19-25-15-14(17(30)26-19)23-11(8-22-15)7-21-10-3-1-9(2-4-10)16(29)24-12(18(31)32)5-6-13(27)28;;/h1-4,8,12,21H,5-7H2,(H,24,29)(H,27,28)(H,31,32)(H3,20,22,25,26,30);1H3;/t12-;;/m0../s1. The van der Waals surface area contributed by atoms with Crippen molar-refractivity contribution < 1.29 is 24.6 Å². The first-order valence-electron chi connectivity index (χ1n) is 10.3. The molecule has 2 heterocycles. The molecule has 0 unspecified atom stereocenters. The van der Waals surface area contributed by atoms with Crippen LogP contribution in [0.1, 0.15) is 28.9 Å². The zero-order chi connectivity index (χ0) is 25.3. The van der Waals surface area contributed by atoms with Crippen LogP contribution in [0.3, 0.4) is 0 Å². The number of anilines is 2. The van der Waals surface area contributed by atoms with Crippen molar-refractivity contribution in [1.29, 1.82) is 0 Å². The van der Waals surface area contributed by atoms with Crippen molar-refractivity contribution >= 4 is 68.6 Å². The van der Waals surface area contributed by atoms with E-state index in [1.807, 2.05) is 0 Å². The van der Waals surface area contributed by atoms with Gasteiger partial charge >= 0.3 is 44.0 Å². The average Bonchev–Trinajstić information content (AvgIpc) is 2.81. The van der Waals surface area contributed by atoms with Gasteiger partial charge in [-0.05, 0) is 30.7 Å². The Morgan fingerprint density at radius 1 is 1.15 bits per heavy atom. The molecule has 34 heavy (non-hydrogen) atoms. The molecular weight excluding hydrogens is 457 g/mol. The topological polar surface area (TPSA) is 213 Å². The fourth-order valence-corrected chi connectivity index (χ4v) is 2.75. The molecule has 0 aliphatic rings. The molecule has 0 aliphatic carbocycles. The number of nitrogen functional groups attached to an aromatic ring is 1. The fourth-order valence-electron chi connectivity index (χ4n) is 2.75. The first-order chi connectivity index (χ1) is 16.2. The molecule has 2 aromatic heterocycles. The number of aliphatic carboxylic acids is 2. The SMILES string of the molecule is Nc1nc2ncc(CNc3ccc(C(=O)N[C@@H](CCC(=O)O)C(=O)O)cc3)nc2c(=O)[nH]1.[CH3][Na]. The summed E-state index contributed by atoms with van der Waals surface area (Å²) in [5.74, 6) is -3.16. The van der Waals surface area contributed by atoms with Crippen molar-refractivity contribution in [3.63, 3.8) is 0 Å². The maximum absolute atomic E-state index is 12.3. The van der Waals surface area contributed by atoms with Gasteiger partial charge in [0.15, 0.2) is 11.2 Å². The number of rotatable bonds is 9.